The molecule has 0 aromatic carbocycles. The first-order valence-electron chi connectivity index (χ1n) is 24.1. The molecule has 6 fully saturated rings. The third kappa shape index (κ3) is 26.8. The van der Waals surface area contributed by atoms with E-state index in [1.165, 1.54) is 13.1 Å². The maximum Gasteiger partial charge on any atom is 0.522 e. The highest BCUT2D eigenvalue weighted by Crippen LogP contribution is 2.27. The number of halogens is 9. The lowest BCUT2D eigenvalue weighted by atomic mass is 9.97. The number of hydrogen-bond donors (Lipinski definition) is 0. The molecule has 0 aromatic heterocycles. The van der Waals surface area contributed by atoms with Gasteiger partial charge in [0.05, 0.1) is 31.5 Å². The van der Waals surface area contributed by atoms with Gasteiger partial charge in [0.15, 0.2) is 0 Å². The molecule has 20 heteroatoms. The van der Waals surface area contributed by atoms with Crippen LogP contribution in [0, 0.1) is 11.8 Å². The van der Waals surface area contributed by atoms with E-state index in [1.807, 2.05) is 46.4 Å². The predicted molar refractivity (Wildman–Crippen MR) is 242 cm³/mol. The zero-order valence-electron chi connectivity index (χ0n) is 42.9. The molecule has 0 bridgehead atoms. The Kier molecular flexibility index (Phi) is 28.6. The van der Waals surface area contributed by atoms with Crippen molar-refractivity contribution >= 4 is 0 Å². The lowest BCUT2D eigenvalue weighted by Crippen LogP contribution is -2.59. The Morgan fingerprint density at radius 2 is 0.833 bits per heavy atom. The van der Waals surface area contributed by atoms with Crippen LogP contribution in [0.4, 0.5) is 39.5 Å². The van der Waals surface area contributed by atoms with Gasteiger partial charge in [-0.1, -0.05) is 0 Å². The molecule has 0 saturated carbocycles. The average molecular weight is 977 g/mol. The Labute approximate surface area is 392 Å². The van der Waals surface area contributed by atoms with E-state index >= 15 is 0 Å². The minimum absolute atomic E-state index is 0.0454. The molecule has 6 aliphatic rings. The maximum absolute atomic E-state index is 12.8. The highest BCUT2D eigenvalue weighted by molar-refractivity contribution is 4.93. The third-order valence-electron chi connectivity index (χ3n) is 12.1. The van der Waals surface area contributed by atoms with E-state index in [4.69, 9.17) is 9.47 Å². The SMILES string of the molecule is CC(C)N1CC(C)(F)C1.CC(C)N1CC(COC(F)(F)F)C1.CC(C)N1CC(OC(F)(F)F)C1.CC(C)N1CC(OC(F)F)C1.CCOC1CN(C(C)C)C1.CCOCC1CN(C(C)C)C1. The van der Waals surface area contributed by atoms with Crippen molar-refractivity contribution in [1.29, 1.82) is 0 Å². The molecule has 0 aromatic rings. The Hall–Kier alpha value is -1.07. The van der Waals surface area contributed by atoms with Gasteiger partial charge in [-0.15, -0.1) is 26.3 Å². The number of likely N-dealkylation sites (tertiary alicyclic amines) is 6. The predicted octanol–water partition coefficient (Wildman–Crippen LogP) is 8.71. The fraction of sp³-hybridized carbons (Fsp3) is 1.00. The van der Waals surface area contributed by atoms with Crippen molar-refractivity contribution in [2.75, 3.05) is 105 Å². The highest BCUT2D eigenvalue weighted by atomic mass is 19.4. The van der Waals surface area contributed by atoms with Crippen LogP contribution < -0.4 is 0 Å². The first-order chi connectivity index (χ1) is 30.3. The van der Waals surface area contributed by atoms with Gasteiger partial charge < -0.3 is 24.0 Å². The second-order valence-corrected chi connectivity index (χ2v) is 20.1. The molecule has 0 atom stereocenters. The van der Waals surface area contributed by atoms with Crippen LogP contribution in [0.15, 0.2) is 0 Å². The Bertz CT molecular complexity index is 1230. The van der Waals surface area contributed by atoms with E-state index in [2.05, 4.69) is 94.1 Å². The van der Waals surface area contributed by atoms with E-state index in [9.17, 15) is 39.5 Å². The summed E-state index contributed by atoms with van der Waals surface area (Å²) >= 11 is 0. The second-order valence-electron chi connectivity index (χ2n) is 20.1. The van der Waals surface area contributed by atoms with Gasteiger partial charge in [-0.2, -0.15) is 8.78 Å². The summed E-state index contributed by atoms with van der Waals surface area (Å²) in [6, 6.07) is 3.08. The fourth-order valence-electron chi connectivity index (χ4n) is 7.45. The van der Waals surface area contributed by atoms with E-state index < -0.39 is 31.1 Å². The maximum atomic E-state index is 12.8. The minimum Gasteiger partial charge on any atom is -0.381 e. The summed E-state index contributed by atoms with van der Waals surface area (Å²) in [5.41, 5.74) is -0.899. The number of rotatable bonds is 16. The van der Waals surface area contributed by atoms with Crippen molar-refractivity contribution in [3.63, 3.8) is 0 Å². The highest BCUT2D eigenvalue weighted by Gasteiger charge is 2.41. The molecule has 0 amide bonds. The summed E-state index contributed by atoms with van der Waals surface area (Å²) in [6.07, 6.45) is -9.34. The van der Waals surface area contributed by atoms with Crippen molar-refractivity contribution in [2.45, 2.75) is 183 Å². The molecule has 6 aliphatic heterocycles. The van der Waals surface area contributed by atoms with Gasteiger partial charge in [0.2, 0.25) is 0 Å². The summed E-state index contributed by atoms with van der Waals surface area (Å²) in [5.74, 6) is 0.848. The van der Waals surface area contributed by atoms with Gasteiger partial charge >= 0.3 is 19.3 Å². The van der Waals surface area contributed by atoms with Crippen molar-refractivity contribution in [1.82, 2.24) is 29.4 Å². The van der Waals surface area contributed by atoms with Crippen molar-refractivity contribution in [3.05, 3.63) is 0 Å². The fourth-order valence-corrected chi connectivity index (χ4v) is 7.45. The molecule has 0 aliphatic carbocycles. The molecule has 11 nitrogen and oxygen atoms in total. The first kappa shape index (κ1) is 62.9. The lowest BCUT2D eigenvalue weighted by molar-refractivity contribution is -0.355. The van der Waals surface area contributed by atoms with Gasteiger partial charge in [-0.25, -0.2) is 4.39 Å². The van der Waals surface area contributed by atoms with Crippen LogP contribution in [0.3, 0.4) is 0 Å². The molecular weight excluding hydrogens is 888 g/mol. The van der Waals surface area contributed by atoms with Crippen molar-refractivity contribution in [3.8, 4) is 0 Å². The summed E-state index contributed by atoms with van der Waals surface area (Å²) in [7, 11) is 0. The van der Waals surface area contributed by atoms with Crippen molar-refractivity contribution < 1.29 is 63.2 Å². The molecule has 6 saturated heterocycles. The topological polar surface area (TPSA) is 65.6 Å². The normalized spacial score (nSPS) is 21.9. The lowest BCUT2D eigenvalue weighted by Gasteiger charge is -2.44. The molecule has 0 spiro atoms. The number of alkyl halides is 9. The van der Waals surface area contributed by atoms with Crippen LogP contribution in [0.25, 0.3) is 0 Å². The second kappa shape index (κ2) is 30.0. The zero-order valence-corrected chi connectivity index (χ0v) is 42.9. The Balaban J connectivity index is 0.000000397. The number of hydrogen-bond acceptors (Lipinski definition) is 11. The van der Waals surface area contributed by atoms with Gasteiger partial charge in [-0.05, 0) is 104 Å². The van der Waals surface area contributed by atoms with Crippen LogP contribution in [-0.4, -0.2) is 214 Å². The average Bonchev–Trinajstić information content (AvgIpc) is 3.06. The van der Waals surface area contributed by atoms with E-state index in [1.54, 1.807) is 6.92 Å². The zero-order chi connectivity index (χ0) is 50.7. The summed E-state index contributed by atoms with van der Waals surface area (Å²) in [4.78, 5) is 13.2. The monoisotopic (exact) mass is 977 g/mol. The largest absolute Gasteiger partial charge is 0.522 e. The number of ether oxygens (including phenoxy) is 5. The molecule has 6 heterocycles. The molecule has 66 heavy (non-hydrogen) atoms. The molecular formula is C46H89F9N6O5. The van der Waals surface area contributed by atoms with Gasteiger partial charge in [0.1, 0.15) is 5.67 Å². The standard InChI is InChI=1S/C9H19NO.C8H14F3NO.C8H17NO.C7H12F3NO.C7H13F2NO.C7H14FN/c1-4-11-7-9-5-10(6-9)8(2)3;1-6(2)12-3-7(4-12)5-13-8(9,10)11;1-4-10-8-5-9(6-8)7(2)3;1-5(2)11-3-6(4-11)12-7(8,9)10;1-5(2)10-3-6(4-10)11-7(8)9;1-6(2)9-4-7(3,8)5-9/h8-9H,4-7H2,1-3H3;6-7H,3-5H2,1-2H3;7-8H,4-6H2,1-3H3;5-6H,3-4H2,1-2H3;5-7H,3-4H2,1-2H3;6H,4-5H2,1-3H3. The Morgan fingerprint density at radius 3 is 1.12 bits per heavy atom. The van der Waals surface area contributed by atoms with Crippen LogP contribution in [-0.2, 0) is 23.7 Å². The van der Waals surface area contributed by atoms with Crippen LogP contribution in [0.2, 0.25) is 0 Å². The molecule has 396 valence electrons. The smallest absolute Gasteiger partial charge is 0.381 e. The first-order valence-corrected chi connectivity index (χ1v) is 24.1. The molecule has 0 radical (unpaired) electrons. The van der Waals surface area contributed by atoms with Gasteiger partial charge in [0.25, 0.3) is 0 Å². The van der Waals surface area contributed by atoms with Crippen molar-refractivity contribution in [2.24, 2.45) is 11.8 Å². The molecule has 0 N–H and O–H groups in total. The van der Waals surface area contributed by atoms with Crippen LogP contribution in [0.1, 0.15) is 104 Å². The quantitative estimate of drug-likeness (QED) is 0.140. The summed E-state index contributed by atoms with van der Waals surface area (Å²) in [5, 5.41) is 0. The minimum atomic E-state index is -4.48. The van der Waals surface area contributed by atoms with E-state index in [0.717, 1.165) is 38.8 Å². The van der Waals surface area contributed by atoms with Crippen LogP contribution in [0.5, 0.6) is 0 Å². The summed E-state index contributed by atoms with van der Waals surface area (Å²) in [6.45, 7) is 40.2. The molecule has 0 unspecified atom stereocenters. The van der Waals surface area contributed by atoms with E-state index in [-0.39, 0.29) is 18.6 Å². The number of nitrogens with zero attached hydrogens (tertiary/aromatic N) is 6. The molecule has 6 rings (SSSR count). The Morgan fingerprint density at radius 1 is 0.485 bits per heavy atom. The van der Waals surface area contributed by atoms with Crippen LogP contribution >= 0.6 is 0 Å². The van der Waals surface area contributed by atoms with E-state index in [0.29, 0.717) is 94.7 Å². The van der Waals surface area contributed by atoms with Gasteiger partial charge in [0, 0.05) is 140 Å². The third-order valence-corrected chi connectivity index (χ3v) is 12.1. The van der Waals surface area contributed by atoms with Gasteiger partial charge in [-0.3, -0.25) is 29.1 Å². The summed E-state index contributed by atoms with van der Waals surface area (Å²) < 4.78 is 128.